The van der Waals surface area contributed by atoms with Crippen LogP contribution in [0.15, 0.2) is 53.6 Å². The molecular formula is C27H21F5N4O5S. The molecule has 0 saturated carbocycles. The fraction of sp³-hybridized carbons (Fsp3) is 0.259. The summed E-state index contributed by atoms with van der Waals surface area (Å²) < 4.78 is 103. The number of nitrogens with one attached hydrogen (secondary N) is 1. The van der Waals surface area contributed by atoms with Crippen LogP contribution >= 0.6 is 0 Å². The third-order valence-electron chi connectivity index (χ3n) is 6.45. The number of nitrogens with zero attached hydrogens (tertiary/aromatic N) is 3. The number of rotatable bonds is 7. The highest BCUT2D eigenvalue weighted by molar-refractivity contribution is 7.92. The minimum atomic E-state index is -4.68. The van der Waals surface area contributed by atoms with Gasteiger partial charge in [-0.05, 0) is 42.5 Å². The molecule has 3 aromatic heterocycles. The van der Waals surface area contributed by atoms with Gasteiger partial charge in [0.15, 0.2) is 0 Å². The van der Waals surface area contributed by atoms with Crippen LogP contribution in [-0.2, 0) is 16.4 Å². The Morgan fingerprint density at radius 1 is 1.10 bits per heavy atom. The molecule has 0 unspecified atom stereocenters. The largest absolute Gasteiger partial charge is 0.492 e. The van der Waals surface area contributed by atoms with E-state index in [4.69, 9.17) is 9.47 Å². The lowest BCUT2D eigenvalue weighted by Crippen LogP contribution is -2.24. The molecule has 9 nitrogen and oxygen atoms in total. The van der Waals surface area contributed by atoms with Crippen LogP contribution in [0.4, 0.5) is 22.0 Å². The Bertz CT molecular complexity index is 1790. The zero-order valence-electron chi connectivity index (χ0n) is 21.7. The first-order chi connectivity index (χ1) is 20.0. The number of sulfone groups is 1. The number of benzene rings is 1. The van der Waals surface area contributed by atoms with E-state index in [2.05, 4.69) is 20.3 Å². The molecule has 0 aliphatic carbocycles. The normalized spacial score (nSPS) is 16.1. The number of ether oxygens (including phenoxy) is 2. The lowest BCUT2D eigenvalue weighted by Gasteiger charge is -2.15. The first-order valence-corrected chi connectivity index (χ1v) is 13.9. The minimum Gasteiger partial charge on any atom is -0.492 e. The molecule has 220 valence electrons. The second-order valence-corrected chi connectivity index (χ2v) is 11.2. The number of pyridine rings is 3. The molecule has 4 heterocycles. The van der Waals surface area contributed by atoms with Gasteiger partial charge in [0, 0.05) is 23.6 Å². The lowest BCUT2D eigenvalue weighted by molar-refractivity contribution is 0.0949. The van der Waals surface area contributed by atoms with Crippen molar-refractivity contribution < 1.29 is 44.6 Å². The van der Waals surface area contributed by atoms with Crippen molar-refractivity contribution >= 4 is 26.6 Å². The summed E-state index contributed by atoms with van der Waals surface area (Å²) in [5, 5.41) is 3.10. The van der Waals surface area contributed by atoms with E-state index in [1.165, 1.54) is 19.4 Å². The quantitative estimate of drug-likeness (QED) is 0.279. The average Bonchev–Trinajstić information content (AvgIpc) is 3.09. The zero-order chi connectivity index (χ0) is 30.2. The minimum absolute atomic E-state index is 0.0448. The van der Waals surface area contributed by atoms with Crippen LogP contribution in [0.3, 0.4) is 0 Å². The molecular weight excluding hydrogens is 587 g/mol. The van der Waals surface area contributed by atoms with Gasteiger partial charge in [-0.2, -0.15) is 0 Å². The Hall–Kier alpha value is -4.40. The molecule has 1 aliphatic rings. The molecule has 1 aliphatic heterocycles. The van der Waals surface area contributed by atoms with Crippen LogP contribution in [0.1, 0.15) is 46.6 Å². The molecule has 1 N–H and O–H groups in total. The SMILES string of the molecule is COc1nc(C(F)F)ccc1-c1ccc2cnc(CNC(=O)c3cc(C(F)F)c4c(c3)S(=O)(=O)[C@@H](F)CCO4)cc2n1. The van der Waals surface area contributed by atoms with Crippen LogP contribution < -0.4 is 14.8 Å². The van der Waals surface area contributed by atoms with E-state index in [9.17, 15) is 35.2 Å². The number of carbonyl (C=O) groups is 1. The van der Waals surface area contributed by atoms with Crippen molar-refractivity contribution in [3.05, 3.63) is 71.2 Å². The molecule has 0 fully saturated rings. The Labute approximate surface area is 235 Å². The molecule has 0 saturated heterocycles. The summed E-state index contributed by atoms with van der Waals surface area (Å²) in [6.07, 6.45) is -5.05. The highest BCUT2D eigenvalue weighted by atomic mass is 32.2. The molecule has 0 bridgehead atoms. The molecule has 4 aromatic rings. The standard InChI is InChI=1S/C27H21F5N4O5S/c1-40-27-16(3-5-19(36-27)25(31)32)18-4-2-13-11-33-15(10-20(13)35-18)12-34-26(37)14-8-17(24(29)30)23-21(9-14)42(38,39)22(28)6-7-41-23/h2-5,8-11,22,24-25H,6-7,12H2,1H3,(H,34,37)/t22-/m1/s1. The van der Waals surface area contributed by atoms with Gasteiger partial charge in [0.1, 0.15) is 16.3 Å². The van der Waals surface area contributed by atoms with E-state index in [1.54, 1.807) is 18.2 Å². The highest BCUT2D eigenvalue weighted by Crippen LogP contribution is 2.40. The van der Waals surface area contributed by atoms with Crippen LogP contribution in [-0.4, -0.2) is 48.5 Å². The fourth-order valence-corrected chi connectivity index (χ4v) is 5.74. The summed E-state index contributed by atoms with van der Waals surface area (Å²) in [6, 6.07) is 9.05. The van der Waals surface area contributed by atoms with Gasteiger partial charge in [-0.1, -0.05) is 0 Å². The number of amides is 1. The smallest absolute Gasteiger partial charge is 0.280 e. The Morgan fingerprint density at radius 3 is 2.60 bits per heavy atom. The number of hydrogen-bond acceptors (Lipinski definition) is 8. The third kappa shape index (κ3) is 5.55. The predicted octanol–water partition coefficient (Wildman–Crippen LogP) is 5.36. The summed E-state index contributed by atoms with van der Waals surface area (Å²) >= 11 is 0. The maximum absolute atomic E-state index is 14.3. The van der Waals surface area contributed by atoms with E-state index in [1.807, 2.05) is 0 Å². The number of fused-ring (bicyclic) bond motifs is 2. The average molecular weight is 609 g/mol. The third-order valence-corrected chi connectivity index (χ3v) is 8.28. The Morgan fingerprint density at radius 2 is 1.88 bits per heavy atom. The lowest BCUT2D eigenvalue weighted by atomic mass is 10.1. The van der Waals surface area contributed by atoms with Gasteiger partial charge in [0.05, 0.1) is 48.3 Å². The van der Waals surface area contributed by atoms with Crippen molar-refractivity contribution in [2.24, 2.45) is 0 Å². The van der Waals surface area contributed by atoms with Crippen LogP contribution in [0.2, 0.25) is 0 Å². The van der Waals surface area contributed by atoms with Crippen LogP contribution in [0.25, 0.3) is 22.2 Å². The summed E-state index contributed by atoms with van der Waals surface area (Å²) in [4.78, 5) is 24.7. The van der Waals surface area contributed by atoms with Crippen LogP contribution in [0, 0.1) is 0 Å². The molecule has 0 radical (unpaired) electrons. The van der Waals surface area contributed by atoms with Gasteiger partial charge in [0.2, 0.25) is 21.2 Å². The van der Waals surface area contributed by atoms with Gasteiger partial charge >= 0.3 is 0 Å². The fourth-order valence-electron chi connectivity index (χ4n) is 4.33. The maximum atomic E-state index is 14.3. The maximum Gasteiger partial charge on any atom is 0.280 e. The monoisotopic (exact) mass is 608 g/mol. The zero-order valence-corrected chi connectivity index (χ0v) is 22.5. The molecule has 1 amide bonds. The highest BCUT2D eigenvalue weighted by Gasteiger charge is 2.36. The molecule has 42 heavy (non-hydrogen) atoms. The predicted molar refractivity (Wildman–Crippen MR) is 139 cm³/mol. The Balaban J connectivity index is 1.42. The number of methoxy groups -OCH3 is 1. The first-order valence-electron chi connectivity index (χ1n) is 12.3. The molecule has 1 atom stereocenters. The summed E-state index contributed by atoms with van der Waals surface area (Å²) in [7, 11) is -3.38. The molecule has 1 aromatic carbocycles. The number of aromatic nitrogens is 3. The van der Waals surface area contributed by atoms with Crippen molar-refractivity contribution in [3.8, 4) is 22.9 Å². The van der Waals surface area contributed by atoms with Crippen molar-refractivity contribution in [3.63, 3.8) is 0 Å². The van der Waals surface area contributed by atoms with E-state index in [-0.39, 0.29) is 12.4 Å². The number of alkyl halides is 5. The van der Waals surface area contributed by atoms with E-state index in [0.29, 0.717) is 27.9 Å². The van der Waals surface area contributed by atoms with Crippen molar-refractivity contribution in [1.29, 1.82) is 0 Å². The summed E-state index contributed by atoms with van der Waals surface area (Å²) in [6.45, 7) is -0.628. The molecule has 15 heteroatoms. The number of hydrogen-bond donors (Lipinski definition) is 1. The molecule has 0 spiro atoms. The second kappa shape index (κ2) is 11.5. The van der Waals surface area contributed by atoms with Gasteiger partial charge in [-0.15, -0.1) is 0 Å². The number of carbonyl (C=O) groups excluding carboxylic acids is 1. The Kier molecular flexibility index (Phi) is 7.95. The van der Waals surface area contributed by atoms with E-state index >= 15 is 0 Å². The first kappa shape index (κ1) is 29.1. The second-order valence-electron chi connectivity index (χ2n) is 9.13. The molecule has 5 rings (SSSR count). The van der Waals surface area contributed by atoms with Gasteiger partial charge in [0.25, 0.3) is 18.8 Å². The van der Waals surface area contributed by atoms with Gasteiger partial charge in [-0.3, -0.25) is 9.78 Å². The van der Waals surface area contributed by atoms with Gasteiger partial charge < -0.3 is 14.8 Å². The van der Waals surface area contributed by atoms with Crippen molar-refractivity contribution in [1.82, 2.24) is 20.3 Å². The summed E-state index contributed by atoms with van der Waals surface area (Å²) in [5.74, 6) is -1.62. The number of halogens is 5. The topological polar surface area (TPSA) is 120 Å². The van der Waals surface area contributed by atoms with E-state index < -0.39 is 74.6 Å². The summed E-state index contributed by atoms with van der Waals surface area (Å²) in [5.41, 5.74) is -2.64. The van der Waals surface area contributed by atoms with Crippen molar-refractivity contribution in [2.75, 3.05) is 13.7 Å². The van der Waals surface area contributed by atoms with E-state index in [0.717, 1.165) is 18.2 Å². The van der Waals surface area contributed by atoms with Crippen molar-refractivity contribution in [2.45, 2.75) is 36.2 Å². The van der Waals surface area contributed by atoms with Gasteiger partial charge in [-0.25, -0.2) is 40.3 Å². The van der Waals surface area contributed by atoms with Crippen LogP contribution in [0.5, 0.6) is 11.6 Å².